The zero-order valence-corrected chi connectivity index (χ0v) is 6.51. The number of rotatable bonds is 1. The average molecular weight is 147 g/mol. The zero-order valence-electron chi connectivity index (χ0n) is 5.62. The van der Waals surface area contributed by atoms with Gasteiger partial charge in [0.15, 0.2) is 0 Å². The van der Waals surface area contributed by atoms with Crippen molar-refractivity contribution in [1.82, 2.24) is 4.90 Å². The number of thiol groups is 1. The molecule has 2 unspecified atom stereocenters. The molecule has 0 aromatic rings. The van der Waals surface area contributed by atoms with E-state index >= 15 is 0 Å². The van der Waals surface area contributed by atoms with Crippen molar-refractivity contribution in [2.24, 2.45) is 0 Å². The molecule has 0 aliphatic carbocycles. The Balaban J connectivity index is 2.38. The second-order valence-corrected chi connectivity index (χ2v) is 3.40. The molecule has 0 aromatic heterocycles. The molecule has 1 aliphatic heterocycles. The third-order valence-corrected chi connectivity index (χ3v) is 2.25. The van der Waals surface area contributed by atoms with E-state index in [-0.39, 0.29) is 6.61 Å². The van der Waals surface area contributed by atoms with E-state index in [9.17, 15) is 0 Å². The highest BCUT2D eigenvalue weighted by atomic mass is 32.1. The lowest BCUT2D eigenvalue weighted by Gasteiger charge is -2.15. The molecule has 1 aliphatic rings. The van der Waals surface area contributed by atoms with E-state index in [0.717, 1.165) is 13.0 Å². The van der Waals surface area contributed by atoms with Gasteiger partial charge in [0.25, 0.3) is 0 Å². The van der Waals surface area contributed by atoms with Gasteiger partial charge in [-0.25, -0.2) is 0 Å². The highest BCUT2D eigenvalue weighted by Gasteiger charge is 2.25. The molecule has 0 aromatic carbocycles. The van der Waals surface area contributed by atoms with E-state index in [1.165, 1.54) is 0 Å². The molecule has 0 bridgehead atoms. The lowest BCUT2D eigenvalue weighted by molar-refractivity contribution is 0.182. The average Bonchev–Trinajstić information content (AvgIpc) is 2.10. The summed E-state index contributed by atoms with van der Waals surface area (Å²) in [5.41, 5.74) is 0. The van der Waals surface area contributed by atoms with Crippen LogP contribution in [0.3, 0.4) is 0 Å². The first-order valence-corrected chi connectivity index (χ1v) is 3.75. The number of likely N-dealkylation sites (tertiary alicyclic amines) is 1. The lowest BCUT2D eigenvalue weighted by Crippen LogP contribution is -2.27. The van der Waals surface area contributed by atoms with Gasteiger partial charge in [-0.1, -0.05) is 0 Å². The summed E-state index contributed by atoms with van der Waals surface area (Å²) in [6.45, 7) is 1.28. The standard InChI is InChI=1S/C6H13NOS/c1-7-3-6(9)2-5(7)4-8/h5-6,8-9H,2-4H2,1H3. The Kier molecular flexibility index (Phi) is 2.38. The minimum absolute atomic E-state index is 0.271. The Morgan fingerprint density at radius 1 is 1.78 bits per heavy atom. The molecular formula is C6H13NOS. The van der Waals surface area contributed by atoms with Crippen LogP contribution in [0.4, 0.5) is 0 Å². The minimum atomic E-state index is 0.271. The fourth-order valence-electron chi connectivity index (χ4n) is 1.26. The molecule has 2 nitrogen and oxygen atoms in total. The monoisotopic (exact) mass is 147 g/mol. The van der Waals surface area contributed by atoms with Crippen molar-refractivity contribution < 1.29 is 5.11 Å². The van der Waals surface area contributed by atoms with Gasteiger partial charge in [0.05, 0.1) is 6.61 Å². The van der Waals surface area contributed by atoms with E-state index in [0.29, 0.717) is 11.3 Å². The van der Waals surface area contributed by atoms with Crippen LogP contribution in [0.2, 0.25) is 0 Å². The highest BCUT2D eigenvalue weighted by Crippen LogP contribution is 2.18. The first kappa shape index (κ1) is 7.38. The molecule has 54 valence electrons. The van der Waals surface area contributed by atoms with Crippen LogP contribution in [0.15, 0.2) is 0 Å². The van der Waals surface area contributed by atoms with Gasteiger partial charge in [0, 0.05) is 17.8 Å². The van der Waals surface area contributed by atoms with Crippen LogP contribution in [0.25, 0.3) is 0 Å². The molecule has 0 radical (unpaired) electrons. The van der Waals surface area contributed by atoms with Crippen molar-refractivity contribution in [3.63, 3.8) is 0 Å². The molecule has 9 heavy (non-hydrogen) atoms. The second-order valence-electron chi connectivity index (χ2n) is 2.67. The Morgan fingerprint density at radius 3 is 2.67 bits per heavy atom. The molecular weight excluding hydrogens is 134 g/mol. The van der Waals surface area contributed by atoms with Crippen molar-refractivity contribution in [1.29, 1.82) is 0 Å². The summed E-state index contributed by atoms with van der Waals surface area (Å²) in [5.74, 6) is 0. The van der Waals surface area contributed by atoms with Crippen LogP contribution in [-0.4, -0.2) is 41.5 Å². The molecule has 3 heteroatoms. The number of hydrogen-bond acceptors (Lipinski definition) is 3. The third-order valence-electron chi connectivity index (χ3n) is 1.88. The van der Waals surface area contributed by atoms with Gasteiger partial charge >= 0.3 is 0 Å². The predicted molar refractivity (Wildman–Crippen MR) is 40.9 cm³/mol. The van der Waals surface area contributed by atoms with Gasteiger partial charge in [-0.3, -0.25) is 0 Å². The van der Waals surface area contributed by atoms with Crippen molar-refractivity contribution >= 4 is 12.6 Å². The summed E-state index contributed by atoms with van der Waals surface area (Å²) in [6, 6.07) is 0.354. The maximum Gasteiger partial charge on any atom is 0.0587 e. The van der Waals surface area contributed by atoms with Crippen LogP contribution in [0, 0.1) is 0 Å². The van der Waals surface area contributed by atoms with Gasteiger partial charge in [-0.15, -0.1) is 0 Å². The van der Waals surface area contributed by atoms with E-state index < -0.39 is 0 Å². The molecule has 1 saturated heterocycles. The van der Waals surface area contributed by atoms with Crippen molar-refractivity contribution in [3.8, 4) is 0 Å². The van der Waals surface area contributed by atoms with Gasteiger partial charge in [-0.05, 0) is 13.5 Å². The first-order chi connectivity index (χ1) is 4.24. The van der Waals surface area contributed by atoms with Crippen LogP contribution in [-0.2, 0) is 0 Å². The second kappa shape index (κ2) is 2.90. The van der Waals surface area contributed by atoms with E-state index in [1.54, 1.807) is 0 Å². The van der Waals surface area contributed by atoms with Crippen LogP contribution in [0.1, 0.15) is 6.42 Å². The SMILES string of the molecule is CN1CC(S)CC1CO. The van der Waals surface area contributed by atoms with Crippen molar-refractivity contribution in [2.75, 3.05) is 20.2 Å². The molecule has 0 spiro atoms. The van der Waals surface area contributed by atoms with Gasteiger partial charge in [0.2, 0.25) is 0 Å². The third kappa shape index (κ3) is 1.60. The van der Waals surface area contributed by atoms with E-state index in [2.05, 4.69) is 17.5 Å². The number of aliphatic hydroxyl groups excluding tert-OH is 1. The molecule has 0 amide bonds. The predicted octanol–water partition coefficient (Wildman–Crippen LogP) is -0.0188. The van der Waals surface area contributed by atoms with Gasteiger partial charge in [-0.2, -0.15) is 12.6 Å². The molecule has 1 fully saturated rings. The number of likely N-dealkylation sites (N-methyl/N-ethyl adjacent to an activating group) is 1. The summed E-state index contributed by atoms with van der Waals surface area (Å²) in [7, 11) is 2.02. The Hall–Kier alpha value is 0.270. The smallest absolute Gasteiger partial charge is 0.0587 e. The Labute approximate surface area is 61.3 Å². The largest absolute Gasteiger partial charge is 0.395 e. The normalized spacial score (nSPS) is 37.7. The van der Waals surface area contributed by atoms with E-state index in [4.69, 9.17) is 5.11 Å². The first-order valence-electron chi connectivity index (χ1n) is 3.23. The maximum atomic E-state index is 8.78. The zero-order chi connectivity index (χ0) is 6.85. The van der Waals surface area contributed by atoms with Crippen molar-refractivity contribution in [3.05, 3.63) is 0 Å². The highest BCUT2D eigenvalue weighted by molar-refractivity contribution is 7.81. The molecule has 0 saturated carbocycles. The molecule has 1 rings (SSSR count). The molecule has 1 N–H and O–H groups in total. The topological polar surface area (TPSA) is 23.5 Å². The summed E-state index contributed by atoms with van der Waals surface area (Å²) in [5, 5.41) is 9.24. The van der Waals surface area contributed by atoms with Crippen molar-refractivity contribution in [2.45, 2.75) is 17.7 Å². The summed E-state index contributed by atoms with van der Waals surface area (Å²) in [4.78, 5) is 2.15. The number of aliphatic hydroxyl groups is 1. The van der Waals surface area contributed by atoms with Gasteiger partial charge < -0.3 is 10.0 Å². The number of hydrogen-bond donors (Lipinski definition) is 2. The number of nitrogens with zero attached hydrogens (tertiary/aromatic N) is 1. The Bertz CT molecular complexity index is 99.1. The Morgan fingerprint density at radius 2 is 2.44 bits per heavy atom. The fraction of sp³-hybridized carbons (Fsp3) is 1.00. The van der Waals surface area contributed by atoms with Crippen LogP contribution in [0.5, 0.6) is 0 Å². The maximum absolute atomic E-state index is 8.78. The van der Waals surface area contributed by atoms with Crippen LogP contribution < -0.4 is 0 Å². The summed E-state index contributed by atoms with van der Waals surface area (Å²) >= 11 is 4.31. The van der Waals surface area contributed by atoms with E-state index in [1.807, 2.05) is 7.05 Å². The fourth-order valence-corrected chi connectivity index (χ4v) is 1.76. The quantitative estimate of drug-likeness (QED) is 0.509. The summed E-state index contributed by atoms with van der Waals surface area (Å²) < 4.78 is 0. The molecule has 2 atom stereocenters. The minimum Gasteiger partial charge on any atom is -0.395 e. The van der Waals surface area contributed by atoms with Crippen LogP contribution >= 0.6 is 12.6 Å². The van der Waals surface area contributed by atoms with Gasteiger partial charge in [0.1, 0.15) is 0 Å². The lowest BCUT2D eigenvalue weighted by atomic mass is 10.2. The summed E-state index contributed by atoms with van der Waals surface area (Å²) in [6.07, 6.45) is 1.02. The molecule has 1 heterocycles.